The van der Waals surface area contributed by atoms with Gasteiger partial charge >= 0.3 is 0 Å². The minimum absolute atomic E-state index is 0.00880. The fourth-order valence-corrected chi connectivity index (χ4v) is 4.16. The molecule has 3 aromatic rings. The van der Waals surface area contributed by atoms with Gasteiger partial charge in [-0.05, 0) is 22.6 Å². The maximum Gasteiger partial charge on any atom is 0.102 e. The van der Waals surface area contributed by atoms with Gasteiger partial charge in [0.15, 0.2) is 0 Å². The molecule has 4 rings (SSSR count). The first kappa shape index (κ1) is 22.7. The van der Waals surface area contributed by atoms with Crippen molar-refractivity contribution in [3.05, 3.63) is 108 Å². The Morgan fingerprint density at radius 1 is 0.656 bits per heavy atom. The largest absolute Gasteiger partial charge is 0.375 e. The van der Waals surface area contributed by atoms with Crippen LogP contribution in [-0.4, -0.2) is 31.4 Å². The molecule has 1 heterocycles. The molecule has 4 heteroatoms. The molecule has 1 aliphatic rings. The Morgan fingerprint density at radius 3 is 1.66 bits per heavy atom. The zero-order valence-corrected chi connectivity index (χ0v) is 18.7. The van der Waals surface area contributed by atoms with Crippen molar-refractivity contribution >= 4 is 0 Å². The molecule has 1 saturated heterocycles. The van der Waals surface area contributed by atoms with E-state index >= 15 is 0 Å². The summed E-state index contributed by atoms with van der Waals surface area (Å²) in [6.45, 7) is 5.41. The molecule has 0 aromatic heterocycles. The molecule has 0 amide bonds. The van der Waals surface area contributed by atoms with E-state index in [2.05, 4.69) is 48.6 Å². The van der Waals surface area contributed by atoms with Crippen LogP contribution in [0.2, 0.25) is 0 Å². The predicted octanol–water partition coefficient (Wildman–Crippen LogP) is 4.98. The Kier molecular flexibility index (Phi) is 8.46. The van der Waals surface area contributed by atoms with Crippen LogP contribution >= 0.6 is 0 Å². The fraction of sp³-hybridized carbons (Fsp3) is 0.357. The summed E-state index contributed by atoms with van der Waals surface area (Å²) in [6, 6.07) is 31.0. The van der Waals surface area contributed by atoms with Gasteiger partial charge in [0.1, 0.15) is 6.10 Å². The van der Waals surface area contributed by atoms with Gasteiger partial charge in [-0.2, -0.15) is 0 Å². The SMILES string of the molecule is C[C@H]1CN[C@H](COCc2ccccc2)[C@@H](OCc2ccccc2)[C@@H]1OCc1ccccc1. The lowest BCUT2D eigenvalue weighted by atomic mass is 9.90. The number of ether oxygens (including phenoxy) is 3. The van der Waals surface area contributed by atoms with E-state index in [0.29, 0.717) is 32.3 Å². The van der Waals surface area contributed by atoms with Crippen LogP contribution < -0.4 is 5.32 Å². The second-order valence-electron chi connectivity index (χ2n) is 8.52. The highest BCUT2D eigenvalue weighted by atomic mass is 16.5. The summed E-state index contributed by atoms with van der Waals surface area (Å²) in [5, 5.41) is 3.64. The van der Waals surface area contributed by atoms with Crippen LogP contribution in [0.1, 0.15) is 23.6 Å². The Labute approximate surface area is 191 Å². The molecule has 0 saturated carbocycles. The molecule has 0 bridgehead atoms. The van der Waals surface area contributed by atoms with Crippen molar-refractivity contribution in [1.82, 2.24) is 5.32 Å². The van der Waals surface area contributed by atoms with Crippen molar-refractivity contribution in [1.29, 1.82) is 0 Å². The van der Waals surface area contributed by atoms with E-state index in [1.54, 1.807) is 0 Å². The first-order chi connectivity index (χ1) is 15.8. The topological polar surface area (TPSA) is 39.7 Å². The summed E-state index contributed by atoms with van der Waals surface area (Å²) >= 11 is 0. The molecular formula is C28H33NO3. The number of hydrogen-bond donors (Lipinski definition) is 1. The maximum atomic E-state index is 6.49. The third kappa shape index (κ3) is 6.50. The molecule has 1 aliphatic heterocycles. The third-order valence-corrected chi connectivity index (χ3v) is 5.96. The molecule has 1 N–H and O–H groups in total. The van der Waals surface area contributed by atoms with Gasteiger partial charge in [0.05, 0.1) is 38.6 Å². The van der Waals surface area contributed by atoms with Crippen LogP contribution in [0.4, 0.5) is 0 Å². The first-order valence-electron chi connectivity index (χ1n) is 11.5. The third-order valence-electron chi connectivity index (χ3n) is 5.96. The Balaban J connectivity index is 1.42. The lowest BCUT2D eigenvalue weighted by Gasteiger charge is -2.42. The molecule has 0 unspecified atom stereocenters. The number of nitrogens with one attached hydrogen (secondary N) is 1. The summed E-state index contributed by atoms with van der Waals surface area (Å²) in [5.41, 5.74) is 3.52. The van der Waals surface area contributed by atoms with E-state index < -0.39 is 0 Å². The van der Waals surface area contributed by atoms with Gasteiger partial charge in [-0.15, -0.1) is 0 Å². The quantitative estimate of drug-likeness (QED) is 0.491. The van der Waals surface area contributed by atoms with Gasteiger partial charge in [0.25, 0.3) is 0 Å². The van der Waals surface area contributed by atoms with Gasteiger partial charge in [0.2, 0.25) is 0 Å². The number of benzene rings is 3. The van der Waals surface area contributed by atoms with E-state index in [-0.39, 0.29) is 18.2 Å². The lowest BCUT2D eigenvalue weighted by Crippen LogP contribution is -2.59. The minimum Gasteiger partial charge on any atom is -0.375 e. The van der Waals surface area contributed by atoms with Gasteiger partial charge in [0, 0.05) is 6.54 Å². The summed E-state index contributed by atoms with van der Waals surface area (Å²) in [5.74, 6) is 0.338. The molecule has 168 valence electrons. The van der Waals surface area contributed by atoms with Gasteiger partial charge < -0.3 is 19.5 Å². The average Bonchev–Trinajstić information content (AvgIpc) is 2.85. The second kappa shape index (κ2) is 11.9. The smallest absolute Gasteiger partial charge is 0.102 e. The average molecular weight is 432 g/mol. The fourth-order valence-electron chi connectivity index (χ4n) is 4.16. The van der Waals surface area contributed by atoms with Crippen LogP contribution in [0.25, 0.3) is 0 Å². The molecule has 32 heavy (non-hydrogen) atoms. The number of hydrogen-bond acceptors (Lipinski definition) is 4. The van der Waals surface area contributed by atoms with Crippen LogP contribution in [0, 0.1) is 5.92 Å². The van der Waals surface area contributed by atoms with Gasteiger partial charge in [-0.3, -0.25) is 0 Å². The molecule has 0 aliphatic carbocycles. The van der Waals surface area contributed by atoms with E-state index in [1.165, 1.54) is 11.1 Å². The molecule has 0 radical (unpaired) electrons. The van der Waals surface area contributed by atoms with E-state index in [0.717, 1.165) is 12.1 Å². The van der Waals surface area contributed by atoms with Crippen molar-refractivity contribution in [2.24, 2.45) is 5.92 Å². The first-order valence-corrected chi connectivity index (χ1v) is 11.5. The Morgan fingerprint density at radius 2 is 1.12 bits per heavy atom. The van der Waals surface area contributed by atoms with Gasteiger partial charge in [-0.25, -0.2) is 0 Å². The van der Waals surface area contributed by atoms with Crippen molar-refractivity contribution in [2.75, 3.05) is 13.2 Å². The van der Waals surface area contributed by atoms with E-state index in [1.807, 2.05) is 54.6 Å². The van der Waals surface area contributed by atoms with Crippen molar-refractivity contribution in [3.63, 3.8) is 0 Å². The van der Waals surface area contributed by atoms with Crippen molar-refractivity contribution < 1.29 is 14.2 Å². The molecule has 1 fully saturated rings. The summed E-state index contributed by atoms with van der Waals surface area (Å²) in [7, 11) is 0. The highest BCUT2D eigenvalue weighted by Gasteiger charge is 2.39. The summed E-state index contributed by atoms with van der Waals surface area (Å²) in [4.78, 5) is 0. The monoisotopic (exact) mass is 431 g/mol. The molecular weight excluding hydrogens is 398 g/mol. The normalized spacial score (nSPS) is 23.2. The highest BCUT2D eigenvalue weighted by Crippen LogP contribution is 2.25. The van der Waals surface area contributed by atoms with Crippen LogP contribution in [0.3, 0.4) is 0 Å². The van der Waals surface area contributed by atoms with Crippen molar-refractivity contribution in [3.8, 4) is 0 Å². The summed E-state index contributed by atoms with van der Waals surface area (Å²) in [6.07, 6.45) is -0.107. The lowest BCUT2D eigenvalue weighted by molar-refractivity contribution is -0.143. The van der Waals surface area contributed by atoms with E-state index in [4.69, 9.17) is 14.2 Å². The van der Waals surface area contributed by atoms with Crippen LogP contribution in [-0.2, 0) is 34.0 Å². The minimum atomic E-state index is -0.0987. The predicted molar refractivity (Wildman–Crippen MR) is 127 cm³/mol. The zero-order valence-electron chi connectivity index (χ0n) is 18.7. The molecule has 4 nitrogen and oxygen atoms in total. The summed E-state index contributed by atoms with van der Waals surface area (Å²) < 4.78 is 19.0. The maximum absolute atomic E-state index is 6.49. The molecule has 3 aromatic carbocycles. The van der Waals surface area contributed by atoms with Gasteiger partial charge in [-0.1, -0.05) is 97.9 Å². The second-order valence-corrected chi connectivity index (χ2v) is 8.52. The highest BCUT2D eigenvalue weighted by molar-refractivity contribution is 5.15. The number of rotatable bonds is 10. The standard InChI is InChI=1S/C28H33NO3/c1-22-17-29-26(21-30-18-23-11-5-2-6-12-23)28(32-20-25-15-9-4-10-16-25)27(22)31-19-24-13-7-3-8-14-24/h2-16,22,26-29H,17-21H2,1H3/t22-,26+,27+,28+/m0/s1. The molecule has 4 atom stereocenters. The Hall–Kier alpha value is -2.50. The zero-order chi connectivity index (χ0) is 22.0. The van der Waals surface area contributed by atoms with E-state index in [9.17, 15) is 0 Å². The van der Waals surface area contributed by atoms with Crippen LogP contribution in [0.15, 0.2) is 91.0 Å². The van der Waals surface area contributed by atoms with Crippen molar-refractivity contribution in [2.45, 2.75) is 45.0 Å². The van der Waals surface area contributed by atoms with Crippen LogP contribution in [0.5, 0.6) is 0 Å². The number of piperidine rings is 1. The molecule has 0 spiro atoms. The Bertz CT molecular complexity index is 904.